The molecule has 0 saturated carbocycles. The predicted molar refractivity (Wildman–Crippen MR) is 108 cm³/mol. The Morgan fingerprint density at radius 3 is 2.41 bits per heavy atom. The van der Waals surface area contributed by atoms with Gasteiger partial charge in [-0.15, -0.1) is 0 Å². The molecule has 0 aliphatic heterocycles. The molecular formula is C21H27N3O5. The fourth-order valence-electron chi connectivity index (χ4n) is 3.18. The minimum atomic E-state index is -0.597. The fraction of sp³-hybridized carbons (Fsp3) is 0.429. The summed E-state index contributed by atoms with van der Waals surface area (Å²) in [6.07, 6.45) is 3.15. The third-order valence-electron chi connectivity index (χ3n) is 4.94. The molecule has 0 saturated heterocycles. The van der Waals surface area contributed by atoms with Crippen LogP contribution in [-0.4, -0.2) is 45.8 Å². The van der Waals surface area contributed by atoms with Crippen molar-refractivity contribution in [2.45, 2.75) is 40.7 Å². The number of Topliss-reactive ketones (excluding diaryl/α,β-unsaturated/α-hetero) is 1. The van der Waals surface area contributed by atoms with Gasteiger partial charge in [0.15, 0.2) is 6.61 Å². The number of esters is 2. The van der Waals surface area contributed by atoms with E-state index >= 15 is 0 Å². The van der Waals surface area contributed by atoms with Gasteiger partial charge >= 0.3 is 11.9 Å². The average molecular weight is 401 g/mol. The Labute approximate surface area is 170 Å². The molecule has 0 N–H and O–H groups in total. The van der Waals surface area contributed by atoms with Gasteiger partial charge in [0.05, 0.1) is 19.2 Å². The third kappa shape index (κ3) is 5.22. The second-order valence-electron chi connectivity index (χ2n) is 6.83. The van der Waals surface area contributed by atoms with Crippen LogP contribution in [0.2, 0.25) is 0 Å². The molecule has 0 aliphatic carbocycles. The lowest BCUT2D eigenvalue weighted by Gasteiger charge is -2.09. The Kier molecular flexibility index (Phi) is 7.14. The molecule has 29 heavy (non-hydrogen) atoms. The van der Waals surface area contributed by atoms with E-state index in [1.165, 1.54) is 13.2 Å². The molecule has 2 aromatic heterocycles. The van der Waals surface area contributed by atoms with E-state index in [1.807, 2.05) is 32.4 Å². The Balaban J connectivity index is 1.99. The lowest BCUT2D eigenvalue weighted by Crippen LogP contribution is -2.14. The number of rotatable bonds is 8. The molecule has 0 unspecified atom stereocenters. The summed E-state index contributed by atoms with van der Waals surface area (Å²) >= 11 is 0. The van der Waals surface area contributed by atoms with Gasteiger partial charge in [-0.05, 0) is 39.8 Å². The normalized spacial score (nSPS) is 11.1. The summed E-state index contributed by atoms with van der Waals surface area (Å²) in [5, 5.41) is 4.28. The number of nitrogens with zero attached hydrogens (tertiary/aromatic N) is 3. The highest BCUT2D eigenvalue weighted by molar-refractivity contribution is 6.00. The topological polar surface area (TPSA) is 92.4 Å². The van der Waals surface area contributed by atoms with Gasteiger partial charge in [-0.3, -0.25) is 14.3 Å². The van der Waals surface area contributed by atoms with Crippen molar-refractivity contribution in [3.05, 3.63) is 46.0 Å². The zero-order chi connectivity index (χ0) is 21.7. The minimum absolute atomic E-state index is 0.216. The molecule has 156 valence electrons. The van der Waals surface area contributed by atoms with Crippen molar-refractivity contribution in [2.75, 3.05) is 13.7 Å². The predicted octanol–water partition coefficient (Wildman–Crippen LogP) is 2.46. The molecule has 0 atom stereocenters. The molecule has 2 aromatic rings. The van der Waals surface area contributed by atoms with Crippen LogP contribution in [0.5, 0.6) is 0 Å². The number of ketones is 1. The molecular weight excluding hydrogens is 374 g/mol. The van der Waals surface area contributed by atoms with Crippen LogP contribution in [0.4, 0.5) is 0 Å². The minimum Gasteiger partial charge on any atom is -0.469 e. The molecule has 0 aromatic carbocycles. The van der Waals surface area contributed by atoms with E-state index in [4.69, 9.17) is 4.74 Å². The fourth-order valence-corrected chi connectivity index (χ4v) is 3.18. The smallest absolute Gasteiger partial charge is 0.331 e. The first-order valence-corrected chi connectivity index (χ1v) is 9.27. The molecule has 0 amide bonds. The van der Waals surface area contributed by atoms with Crippen LogP contribution in [-0.2, 0) is 32.7 Å². The van der Waals surface area contributed by atoms with Gasteiger partial charge in [0, 0.05) is 47.9 Å². The van der Waals surface area contributed by atoms with Crippen molar-refractivity contribution < 1.29 is 23.9 Å². The van der Waals surface area contributed by atoms with Gasteiger partial charge in [-0.2, -0.15) is 5.10 Å². The van der Waals surface area contributed by atoms with E-state index in [9.17, 15) is 14.4 Å². The second kappa shape index (κ2) is 9.36. The lowest BCUT2D eigenvalue weighted by atomic mass is 10.1. The monoisotopic (exact) mass is 401 g/mol. The number of carbonyl (C=O) groups is 3. The Morgan fingerprint density at radius 2 is 1.83 bits per heavy atom. The summed E-state index contributed by atoms with van der Waals surface area (Å²) in [5.74, 6) is -1.21. The highest BCUT2D eigenvalue weighted by atomic mass is 16.5. The molecule has 2 rings (SSSR count). The molecule has 8 nitrogen and oxygen atoms in total. The number of aryl methyl sites for hydroxylation is 3. The summed E-state index contributed by atoms with van der Waals surface area (Å²) in [6.45, 7) is 7.49. The van der Waals surface area contributed by atoms with Crippen LogP contribution in [0.15, 0.2) is 12.1 Å². The maximum Gasteiger partial charge on any atom is 0.331 e. The number of ether oxygens (including phenoxy) is 2. The number of methoxy groups -OCH3 is 1. The van der Waals surface area contributed by atoms with Crippen molar-refractivity contribution in [3.63, 3.8) is 0 Å². The molecule has 0 bridgehead atoms. The van der Waals surface area contributed by atoms with E-state index in [0.717, 1.165) is 28.3 Å². The van der Waals surface area contributed by atoms with Gasteiger partial charge in [0.25, 0.3) is 0 Å². The maximum atomic E-state index is 12.5. The standard InChI is InChI=1S/C21H27N3O5/c1-13-11-18(16(4)24(13)10-9-20(26)28-6)19(25)12-29-21(27)8-7-17-14(2)22-23(5)15(17)3/h7-8,11H,9-10,12H2,1-6H3/b8-7+. The summed E-state index contributed by atoms with van der Waals surface area (Å²) in [6, 6.07) is 1.74. The second-order valence-corrected chi connectivity index (χ2v) is 6.83. The van der Waals surface area contributed by atoms with Crippen LogP contribution < -0.4 is 0 Å². The van der Waals surface area contributed by atoms with Crippen LogP contribution in [0.25, 0.3) is 6.08 Å². The van der Waals surface area contributed by atoms with Crippen molar-refractivity contribution in [1.82, 2.24) is 14.3 Å². The van der Waals surface area contributed by atoms with Crippen molar-refractivity contribution in [2.24, 2.45) is 7.05 Å². The van der Waals surface area contributed by atoms with Crippen molar-refractivity contribution in [3.8, 4) is 0 Å². The summed E-state index contributed by atoms with van der Waals surface area (Å²) < 4.78 is 13.4. The van der Waals surface area contributed by atoms with E-state index in [0.29, 0.717) is 12.1 Å². The quantitative estimate of drug-likeness (QED) is 0.383. The molecule has 2 heterocycles. The first kappa shape index (κ1) is 22.1. The number of hydrogen-bond donors (Lipinski definition) is 0. The van der Waals surface area contributed by atoms with Crippen LogP contribution in [0.3, 0.4) is 0 Å². The lowest BCUT2D eigenvalue weighted by molar-refractivity contribution is -0.141. The molecule has 0 aliphatic rings. The van der Waals surface area contributed by atoms with Gasteiger partial charge < -0.3 is 14.0 Å². The molecule has 0 spiro atoms. The van der Waals surface area contributed by atoms with E-state index < -0.39 is 5.97 Å². The van der Waals surface area contributed by atoms with E-state index in [-0.39, 0.29) is 24.8 Å². The summed E-state index contributed by atoms with van der Waals surface area (Å²) in [7, 11) is 3.17. The summed E-state index contributed by atoms with van der Waals surface area (Å²) in [5.41, 5.74) is 4.65. The zero-order valence-electron chi connectivity index (χ0n) is 17.7. The number of carbonyl (C=O) groups excluding carboxylic acids is 3. The molecule has 0 radical (unpaired) electrons. The first-order chi connectivity index (χ1) is 13.6. The maximum absolute atomic E-state index is 12.5. The third-order valence-corrected chi connectivity index (χ3v) is 4.94. The average Bonchev–Trinajstić information content (AvgIpc) is 3.10. The van der Waals surface area contributed by atoms with Gasteiger partial charge in [-0.1, -0.05) is 0 Å². The first-order valence-electron chi connectivity index (χ1n) is 9.27. The SMILES string of the molecule is COC(=O)CCn1c(C)cc(C(=O)COC(=O)/C=C/c2c(C)nn(C)c2C)c1C. The van der Waals surface area contributed by atoms with E-state index in [1.54, 1.807) is 23.7 Å². The van der Waals surface area contributed by atoms with Crippen LogP contribution in [0.1, 0.15) is 45.1 Å². The Hall–Kier alpha value is -3.16. The highest BCUT2D eigenvalue weighted by Crippen LogP contribution is 2.17. The van der Waals surface area contributed by atoms with Gasteiger partial charge in [0.2, 0.25) is 5.78 Å². The van der Waals surface area contributed by atoms with Gasteiger partial charge in [-0.25, -0.2) is 4.79 Å². The summed E-state index contributed by atoms with van der Waals surface area (Å²) in [4.78, 5) is 35.9. The number of hydrogen-bond acceptors (Lipinski definition) is 6. The largest absolute Gasteiger partial charge is 0.469 e. The van der Waals surface area contributed by atoms with Crippen LogP contribution >= 0.6 is 0 Å². The molecule has 0 fully saturated rings. The van der Waals surface area contributed by atoms with Crippen molar-refractivity contribution >= 4 is 23.8 Å². The van der Waals surface area contributed by atoms with Gasteiger partial charge in [0.1, 0.15) is 0 Å². The molecule has 8 heteroatoms. The Morgan fingerprint density at radius 1 is 1.14 bits per heavy atom. The highest BCUT2D eigenvalue weighted by Gasteiger charge is 2.17. The van der Waals surface area contributed by atoms with E-state index in [2.05, 4.69) is 9.84 Å². The van der Waals surface area contributed by atoms with Crippen LogP contribution in [0, 0.1) is 27.7 Å². The van der Waals surface area contributed by atoms with Crippen molar-refractivity contribution in [1.29, 1.82) is 0 Å². The zero-order valence-corrected chi connectivity index (χ0v) is 17.7. The number of aromatic nitrogens is 3. The Bertz CT molecular complexity index is 966.